The predicted molar refractivity (Wildman–Crippen MR) is 89.8 cm³/mol. The summed E-state index contributed by atoms with van der Waals surface area (Å²) in [6.07, 6.45) is -4.45. The number of urea groups is 1. The van der Waals surface area contributed by atoms with Gasteiger partial charge >= 0.3 is 12.2 Å². The van der Waals surface area contributed by atoms with Gasteiger partial charge in [-0.3, -0.25) is 0 Å². The van der Waals surface area contributed by atoms with Gasteiger partial charge in [-0.1, -0.05) is 12.1 Å². The molecule has 0 heterocycles. The van der Waals surface area contributed by atoms with Crippen LogP contribution in [-0.2, 0) is 16.2 Å². The van der Waals surface area contributed by atoms with E-state index in [9.17, 15) is 26.4 Å². The molecule has 26 heavy (non-hydrogen) atoms. The van der Waals surface area contributed by atoms with Crippen molar-refractivity contribution >= 4 is 21.7 Å². The number of rotatable bonds is 4. The Balaban J connectivity index is 1.99. The van der Waals surface area contributed by atoms with Crippen LogP contribution in [0.25, 0.3) is 0 Å². The normalized spacial score (nSPS) is 13.1. The van der Waals surface area contributed by atoms with Gasteiger partial charge in [-0.05, 0) is 48.9 Å². The highest BCUT2D eigenvalue weighted by atomic mass is 32.2. The zero-order valence-electron chi connectivity index (χ0n) is 13.5. The zero-order valence-corrected chi connectivity index (χ0v) is 14.4. The lowest BCUT2D eigenvalue weighted by Crippen LogP contribution is -2.31. The van der Waals surface area contributed by atoms with E-state index >= 15 is 0 Å². The first-order valence-electron chi connectivity index (χ1n) is 7.34. The van der Waals surface area contributed by atoms with E-state index in [0.29, 0.717) is 5.56 Å². The standard InChI is InChI=1S/C16H16F3N3O3S/c1-10(11-2-8-14(9-3-11)26(20,24)25)21-15(23)22-13-6-4-12(5-7-13)16(17,18)19/h2-10H,1H3,(H2,20,24,25)(H2,21,22,23). The van der Waals surface area contributed by atoms with Crippen LogP contribution < -0.4 is 15.8 Å². The lowest BCUT2D eigenvalue weighted by Gasteiger charge is -2.16. The number of nitrogens with one attached hydrogen (secondary N) is 2. The number of amides is 2. The Morgan fingerprint density at radius 2 is 1.58 bits per heavy atom. The number of halogens is 3. The molecule has 10 heteroatoms. The molecule has 0 aliphatic rings. The molecule has 0 aromatic heterocycles. The average molecular weight is 387 g/mol. The summed E-state index contributed by atoms with van der Waals surface area (Å²) in [5.74, 6) is 0. The second-order valence-corrected chi connectivity index (χ2v) is 7.07. The van der Waals surface area contributed by atoms with Crippen LogP contribution in [0.1, 0.15) is 24.1 Å². The van der Waals surface area contributed by atoms with Gasteiger partial charge < -0.3 is 10.6 Å². The number of carbonyl (C=O) groups is 1. The summed E-state index contributed by atoms with van der Waals surface area (Å²) in [6, 6.07) is 8.57. The number of nitrogens with two attached hydrogens (primary N) is 1. The lowest BCUT2D eigenvalue weighted by atomic mass is 10.1. The number of hydrogen-bond donors (Lipinski definition) is 3. The number of hydrogen-bond acceptors (Lipinski definition) is 3. The van der Waals surface area contributed by atoms with Gasteiger partial charge in [0.05, 0.1) is 16.5 Å². The number of anilines is 1. The molecule has 140 valence electrons. The lowest BCUT2D eigenvalue weighted by molar-refractivity contribution is -0.137. The van der Waals surface area contributed by atoms with Gasteiger partial charge in [-0.2, -0.15) is 13.2 Å². The second kappa shape index (κ2) is 7.34. The molecular weight excluding hydrogens is 371 g/mol. The predicted octanol–water partition coefficient (Wildman–Crippen LogP) is 3.24. The minimum Gasteiger partial charge on any atom is -0.331 e. The van der Waals surface area contributed by atoms with Crippen LogP contribution in [0.3, 0.4) is 0 Å². The Morgan fingerprint density at radius 3 is 2.04 bits per heavy atom. The topological polar surface area (TPSA) is 101 Å². The van der Waals surface area contributed by atoms with E-state index in [0.717, 1.165) is 24.3 Å². The molecule has 0 saturated carbocycles. The number of carbonyl (C=O) groups excluding carboxylic acids is 1. The third-order valence-corrected chi connectivity index (χ3v) is 4.46. The van der Waals surface area contributed by atoms with Gasteiger partial charge in [0.2, 0.25) is 10.0 Å². The van der Waals surface area contributed by atoms with Crippen molar-refractivity contribution in [3.63, 3.8) is 0 Å². The SMILES string of the molecule is CC(NC(=O)Nc1ccc(C(F)(F)F)cc1)c1ccc(S(N)(=O)=O)cc1. The van der Waals surface area contributed by atoms with Crippen molar-refractivity contribution in [2.75, 3.05) is 5.32 Å². The van der Waals surface area contributed by atoms with Crippen LogP contribution in [0.2, 0.25) is 0 Å². The van der Waals surface area contributed by atoms with E-state index in [1.807, 2.05) is 0 Å². The van der Waals surface area contributed by atoms with Crippen molar-refractivity contribution in [3.05, 3.63) is 59.7 Å². The largest absolute Gasteiger partial charge is 0.416 e. The van der Waals surface area contributed by atoms with E-state index in [2.05, 4.69) is 10.6 Å². The van der Waals surface area contributed by atoms with E-state index in [4.69, 9.17) is 5.14 Å². The molecule has 0 fully saturated rings. The molecule has 0 saturated heterocycles. The third-order valence-electron chi connectivity index (χ3n) is 3.53. The van der Waals surface area contributed by atoms with Crippen LogP contribution in [0.5, 0.6) is 0 Å². The molecule has 6 nitrogen and oxygen atoms in total. The summed E-state index contributed by atoms with van der Waals surface area (Å²) in [5, 5.41) is 10.0. The highest BCUT2D eigenvalue weighted by Crippen LogP contribution is 2.29. The summed E-state index contributed by atoms with van der Waals surface area (Å²) in [7, 11) is -3.80. The summed E-state index contributed by atoms with van der Waals surface area (Å²) >= 11 is 0. The number of benzene rings is 2. The maximum atomic E-state index is 12.5. The molecule has 0 aliphatic carbocycles. The number of primary sulfonamides is 1. The van der Waals surface area contributed by atoms with Gasteiger partial charge in [-0.25, -0.2) is 18.4 Å². The fourth-order valence-electron chi connectivity index (χ4n) is 2.14. The molecule has 2 aromatic rings. The highest BCUT2D eigenvalue weighted by molar-refractivity contribution is 7.89. The van der Waals surface area contributed by atoms with Crippen LogP contribution >= 0.6 is 0 Å². The summed E-state index contributed by atoms with van der Waals surface area (Å²) in [4.78, 5) is 11.9. The summed E-state index contributed by atoms with van der Waals surface area (Å²) < 4.78 is 59.9. The van der Waals surface area contributed by atoms with E-state index in [1.54, 1.807) is 6.92 Å². The zero-order chi connectivity index (χ0) is 19.5. The molecule has 0 spiro atoms. The minimum atomic E-state index is -4.45. The third kappa shape index (κ3) is 5.20. The number of sulfonamides is 1. The van der Waals surface area contributed by atoms with E-state index in [1.165, 1.54) is 24.3 Å². The Morgan fingerprint density at radius 1 is 1.04 bits per heavy atom. The molecule has 1 unspecified atom stereocenters. The molecule has 0 radical (unpaired) electrons. The first kappa shape index (κ1) is 19.7. The van der Waals surface area contributed by atoms with Crippen LogP contribution in [-0.4, -0.2) is 14.4 Å². The molecule has 2 amide bonds. The van der Waals surface area contributed by atoms with Crippen molar-refractivity contribution in [1.82, 2.24) is 5.32 Å². The second-order valence-electron chi connectivity index (χ2n) is 5.51. The quantitative estimate of drug-likeness (QED) is 0.751. The average Bonchev–Trinajstić information content (AvgIpc) is 2.53. The first-order chi connectivity index (χ1) is 12.0. The molecule has 2 aromatic carbocycles. The Kier molecular flexibility index (Phi) is 5.57. The Labute approximate surface area is 148 Å². The summed E-state index contributed by atoms with van der Waals surface area (Å²) in [6.45, 7) is 1.66. The van der Waals surface area contributed by atoms with Crippen LogP contribution in [0, 0.1) is 0 Å². The monoisotopic (exact) mass is 387 g/mol. The van der Waals surface area contributed by atoms with Crippen molar-refractivity contribution in [2.45, 2.75) is 24.0 Å². The molecule has 1 atom stereocenters. The Bertz CT molecular complexity index is 880. The van der Waals surface area contributed by atoms with Gasteiger partial charge in [0.25, 0.3) is 0 Å². The van der Waals surface area contributed by atoms with Crippen molar-refractivity contribution < 1.29 is 26.4 Å². The first-order valence-corrected chi connectivity index (χ1v) is 8.89. The fourth-order valence-corrected chi connectivity index (χ4v) is 2.65. The van der Waals surface area contributed by atoms with Crippen LogP contribution in [0.4, 0.5) is 23.7 Å². The fraction of sp³-hybridized carbons (Fsp3) is 0.188. The van der Waals surface area contributed by atoms with Gasteiger partial charge in [0.15, 0.2) is 0 Å². The minimum absolute atomic E-state index is 0.0531. The van der Waals surface area contributed by atoms with Crippen molar-refractivity contribution in [2.24, 2.45) is 5.14 Å². The molecule has 0 bridgehead atoms. The maximum Gasteiger partial charge on any atom is 0.416 e. The Hall–Kier alpha value is -2.59. The summed E-state index contributed by atoms with van der Waals surface area (Å²) in [5.41, 5.74) is 0.0130. The van der Waals surface area contributed by atoms with Crippen molar-refractivity contribution in [1.29, 1.82) is 0 Å². The van der Waals surface area contributed by atoms with Gasteiger partial charge in [0.1, 0.15) is 0 Å². The maximum absolute atomic E-state index is 12.5. The molecule has 2 rings (SSSR count). The van der Waals surface area contributed by atoms with Gasteiger partial charge in [-0.15, -0.1) is 0 Å². The number of alkyl halides is 3. The van der Waals surface area contributed by atoms with Gasteiger partial charge in [0, 0.05) is 5.69 Å². The smallest absolute Gasteiger partial charge is 0.331 e. The van der Waals surface area contributed by atoms with E-state index in [-0.39, 0.29) is 10.6 Å². The van der Waals surface area contributed by atoms with E-state index < -0.39 is 33.8 Å². The van der Waals surface area contributed by atoms with Crippen molar-refractivity contribution in [3.8, 4) is 0 Å². The molecule has 0 aliphatic heterocycles. The van der Waals surface area contributed by atoms with Crippen LogP contribution in [0.15, 0.2) is 53.4 Å². The highest BCUT2D eigenvalue weighted by Gasteiger charge is 2.30. The molecular formula is C16H16F3N3O3S. The molecule has 4 N–H and O–H groups in total.